The number of aliphatic hydroxyl groups is 1. The van der Waals surface area contributed by atoms with Gasteiger partial charge >= 0.3 is 6.18 Å². The van der Waals surface area contributed by atoms with Crippen molar-refractivity contribution in [2.75, 3.05) is 0 Å². The van der Waals surface area contributed by atoms with Crippen molar-refractivity contribution in [3.05, 3.63) is 106 Å². The van der Waals surface area contributed by atoms with Gasteiger partial charge in [0.2, 0.25) is 0 Å². The molecular formula is C29H24F3NO4. The number of alkyl halides is 3. The highest BCUT2D eigenvalue weighted by atomic mass is 19.4. The van der Waals surface area contributed by atoms with Crippen LogP contribution in [0.1, 0.15) is 52.3 Å². The van der Waals surface area contributed by atoms with E-state index in [1.807, 2.05) is 12.1 Å². The fourth-order valence-corrected chi connectivity index (χ4v) is 5.13. The maximum atomic E-state index is 13.3. The molecule has 1 saturated heterocycles. The Morgan fingerprint density at radius 3 is 2.32 bits per heavy atom. The van der Waals surface area contributed by atoms with Crippen LogP contribution in [0.2, 0.25) is 0 Å². The number of fused-ring (bicyclic) bond motifs is 1. The molecule has 0 radical (unpaired) electrons. The Bertz CT molecular complexity index is 1410. The van der Waals surface area contributed by atoms with Crippen molar-refractivity contribution in [3.63, 3.8) is 0 Å². The van der Waals surface area contributed by atoms with Gasteiger partial charge in [0.25, 0.3) is 11.7 Å². The molecule has 0 saturated carbocycles. The minimum Gasteiger partial charge on any atom is -0.508 e. The largest absolute Gasteiger partial charge is 0.508 e. The Hall–Kier alpha value is -4.07. The van der Waals surface area contributed by atoms with Crippen LogP contribution in [-0.2, 0) is 35.2 Å². The quantitative estimate of drug-likeness (QED) is 0.261. The summed E-state index contributed by atoms with van der Waals surface area (Å²) >= 11 is 0. The van der Waals surface area contributed by atoms with Crippen LogP contribution >= 0.6 is 0 Å². The van der Waals surface area contributed by atoms with E-state index in [1.165, 1.54) is 42.0 Å². The number of aromatic hydroxyl groups is 1. The van der Waals surface area contributed by atoms with Crippen LogP contribution in [0.5, 0.6) is 5.75 Å². The molecule has 2 N–H and O–H groups in total. The minimum atomic E-state index is -4.56. The van der Waals surface area contributed by atoms with Gasteiger partial charge in [-0.1, -0.05) is 36.4 Å². The molecule has 190 valence electrons. The van der Waals surface area contributed by atoms with E-state index in [2.05, 4.69) is 0 Å². The molecule has 3 aromatic carbocycles. The van der Waals surface area contributed by atoms with Crippen molar-refractivity contribution in [1.82, 2.24) is 4.90 Å². The number of carbonyl (C=O) groups excluding carboxylic acids is 2. The van der Waals surface area contributed by atoms with Crippen LogP contribution in [0, 0.1) is 0 Å². The lowest BCUT2D eigenvalue weighted by molar-refractivity contribution is -0.140. The minimum absolute atomic E-state index is 0.0340. The zero-order chi connectivity index (χ0) is 26.3. The molecule has 0 aromatic heterocycles. The molecular weight excluding hydrogens is 483 g/mol. The lowest BCUT2D eigenvalue weighted by atomic mass is 9.88. The summed E-state index contributed by atoms with van der Waals surface area (Å²) in [4.78, 5) is 27.6. The predicted octanol–water partition coefficient (Wildman–Crippen LogP) is 5.91. The van der Waals surface area contributed by atoms with Gasteiger partial charge in [-0.3, -0.25) is 9.59 Å². The van der Waals surface area contributed by atoms with Gasteiger partial charge in [0.15, 0.2) is 0 Å². The number of carbonyl (C=O) groups is 2. The van der Waals surface area contributed by atoms with E-state index >= 15 is 0 Å². The number of likely N-dealkylation sites (tertiary alicyclic amines) is 1. The molecule has 1 amide bonds. The highest BCUT2D eigenvalue weighted by Crippen LogP contribution is 2.41. The zero-order valence-corrected chi connectivity index (χ0v) is 19.8. The van der Waals surface area contributed by atoms with Crippen LogP contribution < -0.4 is 0 Å². The summed E-state index contributed by atoms with van der Waals surface area (Å²) in [7, 11) is 0. The maximum Gasteiger partial charge on any atom is 0.416 e. The van der Waals surface area contributed by atoms with E-state index in [9.17, 15) is 33.0 Å². The van der Waals surface area contributed by atoms with Crippen LogP contribution in [-0.4, -0.2) is 26.8 Å². The van der Waals surface area contributed by atoms with E-state index in [0.29, 0.717) is 11.1 Å². The predicted molar refractivity (Wildman–Crippen MR) is 130 cm³/mol. The van der Waals surface area contributed by atoms with Crippen LogP contribution in [0.15, 0.2) is 72.3 Å². The average Bonchev–Trinajstić information content (AvgIpc) is 3.13. The Morgan fingerprint density at radius 2 is 1.62 bits per heavy atom. The van der Waals surface area contributed by atoms with E-state index in [4.69, 9.17) is 0 Å². The highest BCUT2D eigenvalue weighted by Gasteiger charge is 2.46. The molecule has 1 atom stereocenters. The molecule has 0 bridgehead atoms. The molecule has 3 aromatic rings. The van der Waals surface area contributed by atoms with Gasteiger partial charge in [-0.2, -0.15) is 13.2 Å². The number of hydrogen-bond donors (Lipinski definition) is 2. The van der Waals surface area contributed by atoms with Gasteiger partial charge in [-0.15, -0.1) is 0 Å². The van der Waals surface area contributed by atoms with Gasteiger partial charge in [0.1, 0.15) is 11.5 Å². The summed E-state index contributed by atoms with van der Waals surface area (Å²) < 4.78 is 39.8. The molecule has 37 heavy (non-hydrogen) atoms. The summed E-state index contributed by atoms with van der Waals surface area (Å²) in [6, 6.07) is 14.8. The lowest BCUT2D eigenvalue weighted by Gasteiger charge is -2.26. The summed E-state index contributed by atoms with van der Waals surface area (Å²) in [6.45, 7) is -0.277. The number of phenolic OH excluding ortho intramolecular Hbond substituents is 1. The number of Topliss-reactive ketones (excluding diaryl/α,β-unsaturated/α-hetero) is 1. The molecule has 1 unspecified atom stereocenters. The number of ketones is 1. The Morgan fingerprint density at radius 1 is 0.919 bits per heavy atom. The van der Waals surface area contributed by atoms with Gasteiger partial charge in [0, 0.05) is 12.1 Å². The normalized spacial score (nSPS) is 19.2. The number of benzene rings is 3. The van der Waals surface area contributed by atoms with E-state index < -0.39 is 29.5 Å². The van der Waals surface area contributed by atoms with Crippen molar-refractivity contribution >= 4 is 17.4 Å². The van der Waals surface area contributed by atoms with Crippen molar-refractivity contribution in [2.45, 2.75) is 44.4 Å². The summed E-state index contributed by atoms with van der Waals surface area (Å²) in [5.74, 6) is -2.21. The number of hydrogen-bond acceptors (Lipinski definition) is 4. The maximum absolute atomic E-state index is 13.3. The number of nitrogens with zero attached hydrogens (tertiary/aromatic N) is 1. The monoisotopic (exact) mass is 507 g/mol. The fraction of sp³-hybridized carbons (Fsp3) is 0.241. The third-order valence-corrected chi connectivity index (χ3v) is 6.98. The van der Waals surface area contributed by atoms with Gasteiger partial charge in [0.05, 0.1) is 17.2 Å². The summed E-state index contributed by atoms with van der Waals surface area (Å²) in [5.41, 5.74) is 2.28. The molecule has 5 rings (SSSR count). The Labute approximate surface area is 211 Å². The Kier molecular flexibility index (Phi) is 6.27. The summed E-state index contributed by atoms with van der Waals surface area (Å²) in [6.07, 6.45) is -0.675. The second-order valence-corrected chi connectivity index (χ2v) is 9.41. The van der Waals surface area contributed by atoms with Crippen LogP contribution in [0.25, 0.3) is 5.76 Å². The van der Waals surface area contributed by atoms with Crippen molar-refractivity contribution < 1.29 is 33.0 Å². The van der Waals surface area contributed by atoms with E-state index in [-0.39, 0.29) is 29.2 Å². The Balaban J connectivity index is 1.61. The van der Waals surface area contributed by atoms with Gasteiger partial charge < -0.3 is 15.1 Å². The number of aliphatic hydroxyl groups excluding tert-OH is 1. The molecule has 8 heteroatoms. The number of aryl methyl sites for hydroxylation is 2. The number of halogens is 3. The lowest BCUT2D eigenvalue weighted by Crippen LogP contribution is -2.29. The smallest absolute Gasteiger partial charge is 0.416 e. The van der Waals surface area contributed by atoms with Crippen LogP contribution in [0.3, 0.4) is 0 Å². The third kappa shape index (κ3) is 4.71. The molecule has 1 aliphatic carbocycles. The highest BCUT2D eigenvalue weighted by molar-refractivity contribution is 6.46. The van der Waals surface area contributed by atoms with E-state index in [1.54, 1.807) is 6.07 Å². The van der Waals surface area contributed by atoms with Crippen molar-refractivity contribution in [1.29, 1.82) is 0 Å². The fourth-order valence-electron chi connectivity index (χ4n) is 5.13. The molecule has 0 spiro atoms. The molecule has 2 aliphatic rings. The molecule has 1 fully saturated rings. The van der Waals surface area contributed by atoms with E-state index in [0.717, 1.165) is 48.3 Å². The first kappa shape index (κ1) is 24.6. The number of rotatable bonds is 4. The first-order valence-electron chi connectivity index (χ1n) is 12.0. The van der Waals surface area contributed by atoms with Crippen LogP contribution in [0.4, 0.5) is 13.2 Å². The topological polar surface area (TPSA) is 77.8 Å². The first-order chi connectivity index (χ1) is 17.6. The SMILES string of the molecule is O=C1C(=O)N(Cc2cccc(C(F)(F)F)c2)C(c2ccc(O)cc2)/C1=C(/O)c1ccc2c(c1)CCCC2. The van der Waals surface area contributed by atoms with Crippen molar-refractivity contribution in [3.8, 4) is 5.75 Å². The molecule has 1 heterocycles. The van der Waals surface area contributed by atoms with Gasteiger partial charge in [-0.25, -0.2) is 0 Å². The molecule has 1 aliphatic heterocycles. The third-order valence-electron chi connectivity index (χ3n) is 6.98. The number of phenols is 1. The first-order valence-corrected chi connectivity index (χ1v) is 12.0. The van der Waals surface area contributed by atoms with Crippen molar-refractivity contribution in [2.24, 2.45) is 0 Å². The standard InChI is InChI=1S/C29H24F3NO4/c30-29(31,32)22-7-3-4-17(14-22)16-33-25(19-10-12-23(34)13-11-19)24(27(36)28(33)37)26(35)21-9-8-18-5-1-2-6-20(18)15-21/h3-4,7-15,25,34-35H,1-2,5-6,16H2/b26-24-. The summed E-state index contributed by atoms with van der Waals surface area (Å²) in [5, 5.41) is 21.1. The number of amides is 1. The molecule has 5 nitrogen and oxygen atoms in total. The zero-order valence-electron chi connectivity index (χ0n) is 19.8. The second-order valence-electron chi connectivity index (χ2n) is 9.41. The van der Waals surface area contributed by atoms with Gasteiger partial charge in [-0.05, 0) is 78.3 Å². The second kappa shape index (κ2) is 9.42. The average molecular weight is 508 g/mol.